The molecular weight excluding hydrogens is 236 g/mol. The molecule has 17 heavy (non-hydrogen) atoms. The van der Waals surface area contributed by atoms with Crippen molar-refractivity contribution in [2.75, 3.05) is 19.5 Å². The van der Waals surface area contributed by atoms with Crippen molar-refractivity contribution in [3.05, 3.63) is 34.8 Å². The van der Waals surface area contributed by atoms with Crippen LogP contribution in [0, 0.1) is 0 Å². The summed E-state index contributed by atoms with van der Waals surface area (Å²) in [5, 5.41) is 6.30. The second kappa shape index (κ2) is 5.54. The number of aromatic nitrogens is 1. The zero-order valence-corrected chi connectivity index (χ0v) is 10.6. The summed E-state index contributed by atoms with van der Waals surface area (Å²) in [5.74, 6) is 1.45. The highest BCUT2D eigenvalue weighted by Crippen LogP contribution is 2.29. The summed E-state index contributed by atoms with van der Waals surface area (Å²) in [6, 6.07) is 5.74. The standard InChI is InChI=1S/C12H14N2O2S/c1-15-10-4-3-9(7-11(10)16-2)14-8-12-13-5-6-17-12/h3-7,14H,8H2,1-2H3. The average Bonchev–Trinajstić information content (AvgIpc) is 2.89. The zero-order valence-electron chi connectivity index (χ0n) is 9.77. The topological polar surface area (TPSA) is 43.4 Å². The minimum Gasteiger partial charge on any atom is -0.493 e. The van der Waals surface area contributed by atoms with Crippen LogP contribution in [0.4, 0.5) is 5.69 Å². The minimum absolute atomic E-state index is 0.715. The van der Waals surface area contributed by atoms with Gasteiger partial charge in [0.25, 0.3) is 0 Å². The van der Waals surface area contributed by atoms with Crippen molar-refractivity contribution >= 4 is 17.0 Å². The summed E-state index contributed by atoms with van der Waals surface area (Å²) in [6.07, 6.45) is 1.80. The lowest BCUT2D eigenvalue weighted by Gasteiger charge is -2.10. The number of methoxy groups -OCH3 is 2. The van der Waals surface area contributed by atoms with Gasteiger partial charge in [0.2, 0.25) is 0 Å². The first-order chi connectivity index (χ1) is 8.33. The van der Waals surface area contributed by atoms with Crippen molar-refractivity contribution in [2.24, 2.45) is 0 Å². The third-order valence-electron chi connectivity index (χ3n) is 2.31. The third-order valence-corrected chi connectivity index (χ3v) is 3.09. The summed E-state index contributed by atoms with van der Waals surface area (Å²) in [4.78, 5) is 4.21. The van der Waals surface area contributed by atoms with E-state index in [1.54, 1.807) is 31.8 Å². The van der Waals surface area contributed by atoms with Crippen LogP contribution in [0.25, 0.3) is 0 Å². The lowest BCUT2D eigenvalue weighted by atomic mass is 10.2. The van der Waals surface area contributed by atoms with Gasteiger partial charge in [-0.15, -0.1) is 11.3 Å². The molecule has 0 atom stereocenters. The van der Waals surface area contributed by atoms with Crippen molar-refractivity contribution in [1.82, 2.24) is 4.98 Å². The Balaban J connectivity index is 2.06. The third kappa shape index (κ3) is 2.88. The Kier molecular flexibility index (Phi) is 3.82. The monoisotopic (exact) mass is 250 g/mol. The number of hydrogen-bond acceptors (Lipinski definition) is 5. The maximum atomic E-state index is 5.24. The highest BCUT2D eigenvalue weighted by Gasteiger charge is 2.04. The molecule has 1 heterocycles. The van der Waals surface area contributed by atoms with Gasteiger partial charge in [0.15, 0.2) is 11.5 Å². The van der Waals surface area contributed by atoms with Gasteiger partial charge in [-0.3, -0.25) is 0 Å². The number of ether oxygens (including phenoxy) is 2. The maximum absolute atomic E-state index is 5.24. The van der Waals surface area contributed by atoms with E-state index in [1.165, 1.54) is 0 Å². The molecule has 5 heteroatoms. The van der Waals surface area contributed by atoms with Gasteiger partial charge in [-0.05, 0) is 12.1 Å². The molecule has 1 aromatic heterocycles. The molecule has 0 amide bonds. The lowest BCUT2D eigenvalue weighted by molar-refractivity contribution is 0.355. The van der Waals surface area contributed by atoms with Crippen molar-refractivity contribution in [2.45, 2.75) is 6.54 Å². The van der Waals surface area contributed by atoms with E-state index >= 15 is 0 Å². The van der Waals surface area contributed by atoms with E-state index in [9.17, 15) is 0 Å². The van der Waals surface area contributed by atoms with Crippen LogP contribution in [0.15, 0.2) is 29.8 Å². The van der Waals surface area contributed by atoms with E-state index in [-0.39, 0.29) is 0 Å². The smallest absolute Gasteiger partial charge is 0.162 e. The Morgan fingerprint density at radius 3 is 2.71 bits per heavy atom. The number of benzene rings is 1. The van der Waals surface area contributed by atoms with Gasteiger partial charge in [-0.1, -0.05) is 0 Å². The van der Waals surface area contributed by atoms with Crippen LogP contribution >= 0.6 is 11.3 Å². The molecule has 2 rings (SSSR count). The molecule has 1 aromatic carbocycles. The molecule has 0 saturated carbocycles. The SMILES string of the molecule is COc1ccc(NCc2nccs2)cc1OC. The van der Waals surface area contributed by atoms with Crippen LogP contribution in [0.3, 0.4) is 0 Å². The van der Waals surface area contributed by atoms with E-state index in [0.717, 1.165) is 22.2 Å². The van der Waals surface area contributed by atoms with E-state index in [0.29, 0.717) is 6.54 Å². The Morgan fingerprint density at radius 1 is 1.24 bits per heavy atom. The van der Waals surface area contributed by atoms with Crippen LogP contribution in [0.1, 0.15) is 5.01 Å². The van der Waals surface area contributed by atoms with Gasteiger partial charge >= 0.3 is 0 Å². The van der Waals surface area contributed by atoms with Gasteiger partial charge in [0.1, 0.15) is 5.01 Å². The fraction of sp³-hybridized carbons (Fsp3) is 0.250. The largest absolute Gasteiger partial charge is 0.493 e. The minimum atomic E-state index is 0.715. The van der Waals surface area contributed by atoms with Gasteiger partial charge in [-0.2, -0.15) is 0 Å². The first-order valence-corrected chi connectivity index (χ1v) is 6.05. The molecule has 0 unspecified atom stereocenters. The molecular formula is C12H14N2O2S. The maximum Gasteiger partial charge on any atom is 0.162 e. The van der Waals surface area contributed by atoms with Crippen molar-refractivity contribution in [1.29, 1.82) is 0 Å². The zero-order chi connectivity index (χ0) is 12.1. The second-order valence-corrected chi connectivity index (χ2v) is 4.33. The quantitative estimate of drug-likeness (QED) is 0.886. The molecule has 0 aliphatic heterocycles. The second-order valence-electron chi connectivity index (χ2n) is 3.35. The molecule has 0 spiro atoms. The van der Waals surface area contributed by atoms with Gasteiger partial charge in [0.05, 0.1) is 20.8 Å². The van der Waals surface area contributed by atoms with E-state index in [2.05, 4.69) is 10.3 Å². The number of hydrogen-bond donors (Lipinski definition) is 1. The average molecular weight is 250 g/mol. The normalized spacial score (nSPS) is 10.0. The number of nitrogens with one attached hydrogen (secondary N) is 1. The van der Waals surface area contributed by atoms with E-state index in [4.69, 9.17) is 9.47 Å². The number of nitrogens with zero attached hydrogens (tertiary/aromatic N) is 1. The molecule has 0 saturated heterocycles. The molecule has 90 valence electrons. The van der Waals surface area contributed by atoms with Crippen LogP contribution in [0.2, 0.25) is 0 Å². The molecule has 0 radical (unpaired) electrons. The lowest BCUT2D eigenvalue weighted by Crippen LogP contribution is -1.99. The summed E-state index contributed by atoms with van der Waals surface area (Å²) in [6.45, 7) is 0.715. The Morgan fingerprint density at radius 2 is 2.06 bits per heavy atom. The molecule has 4 nitrogen and oxygen atoms in total. The highest BCUT2D eigenvalue weighted by atomic mass is 32.1. The fourth-order valence-corrected chi connectivity index (χ4v) is 2.02. The van der Waals surface area contributed by atoms with Crippen LogP contribution in [-0.4, -0.2) is 19.2 Å². The Bertz CT molecular complexity index is 471. The van der Waals surface area contributed by atoms with E-state index in [1.807, 2.05) is 23.6 Å². The van der Waals surface area contributed by atoms with E-state index < -0.39 is 0 Å². The van der Waals surface area contributed by atoms with Gasteiger partial charge in [0, 0.05) is 23.3 Å². The predicted octanol–water partition coefficient (Wildman–Crippen LogP) is 2.77. The van der Waals surface area contributed by atoms with Crippen molar-refractivity contribution < 1.29 is 9.47 Å². The molecule has 1 N–H and O–H groups in total. The highest BCUT2D eigenvalue weighted by molar-refractivity contribution is 7.09. The number of rotatable bonds is 5. The first-order valence-electron chi connectivity index (χ1n) is 5.17. The number of anilines is 1. The Labute approximate surface area is 104 Å². The van der Waals surface area contributed by atoms with Gasteiger partial charge < -0.3 is 14.8 Å². The molecule has 0 fully saturated rings. The molecule has 0 bridgehead atoms. The molecule has 2 aromatic rings. The summed E-state index contributed by atoms with van der Waals surface area (Å²) in [5.41, 5.74) is 0.984. The summed E-state index contributed by atoms with van der Waals surface area (Å²) in [7, 11) is 3.25. The van der Waals surface area contributed by atoms with Crippen LogP contribution in [0.5, 0.6) is 11.5 Å². The first kappa shape index (κ1) is 11.7. The van der Waals surface area contributed by atoms with Crippen LogP contribution in [-0.2, 0) is 6.54 Å². The number of thiazole rings is 1. The summed E-state index contributed by atoms with van der Waals surface area (Å²) >= 11 is 1.63. The fourth-order valence-electron chi connectivity index (χ4n) is 1.46. The van der Waals surface area contributed by atoms with Crippen molar-refractivity contribution in [3.63, 3.8) is 0 Å². The predicted molar refractivity (Wildman–Crippen MR) is 69.0 cm³/mol. The van der Waals surface area contributed by atoms with Gasteiger partial charge in [-0.25, -0.2) is 4.98 Å². The van der Waals surface area contributed by atoms with Crippen LogP contribution < -0.4 is 14.8 Å². The summed E-state index contributed by atoms with van der Waals surface area (Å²) < 4.78 is 10.4. The van der Waals surface area contributed by atoms with Crippen molar-refractivity contribution in [3.8, 4) is 11.5 Å². The molecule has 0 aliphatic carbocycles. The molecule has 0 aliphatic rings. The Hall–Kier alpha value is -1.75.